The van der Waals surface area contributed by atoms with Crippen LogP contribution in [0.5, 0.6) is 0 Å². The zero-order valence-electron chi connectivity index (χ0n) is 11.9. The Morgan fingerprint density at radius 3 is 1.96 bits per heavy atom. The maximum absolute atomic E-state index is 12.8. The minimum atomic E-state index is -5.07. The molecule has 0 unspecified atom stereocenters. The van der Waals surface area contributed by atoms with Crippen molar-refractivity contribution in [1.29, 1.82) is 0 Å². The predicted molar refractivity (Wildman–Crippen MR) is 84.3 cm³/mol. The monoisotopic (exact) mass is 421 g/mol. The van der Waals surface area contributed by atoms with Gasteiger partial charge < -0.3 is 0 Å². The molecule has 0 bridgehead atoms. The topological polar surface area (TPSA) is 46.2 Å². The van der Waals surface area contributed by atoms with Crippen LogP contribution in [0.25, 0.3) is 0 Å². The van der Waals surface area contributed by atoms with Crippen LogP contribution in [-0.2, 0) is 28.1 Å². The van der Waals surface area contributed by atoms with Gasteiger partial charge in [0.25, 0.3) is 10.0 Å². The first-order valence-corrected chi connectivity index (χ1v) is 9.33. The second-order valence-electron chi connectivity index (χ2n) is 4.77. The molecule has 0 radical (unpaired) electrons. The summed E-state index contributed by atoms with van der Waals surface area (Å²) < 4.78 is 103. The fourth-order valence-corrected chi connectivity index (χ4v) is 4.75. The largest absolute Gasteiger partial charge is 0.416 e. The van der Waals surface area contributed by atoms with Crippen molar-refractivity contribution in [2.75, 3.05) is 4.72 Å². The lowest BCUT2D eigenvalue weighted by molar-refractivity contribution is -0.143. The fourth-order valence-electron chi connectivity index (χ4n) is 1.91. The average Bonchev–Trinajstić information content (AvgIpc) is 2.94. The maximum Gasteiger partial charge on any atom is 0.416 e. The molecule has 1 N–H and O–H groups in total. The SMILES string of the molecule is O=S(=O)(Nc1cc(C(F)(F)F)cc(C(F)(F)F)c1)c1ccsc1CS. The smallest absolute Gasteiger partial charge is 0.280 e. The molecule has 1 aromatic heterocycles. The average molecular weight is 421 g/mol. The van der Waals surface area contributed by atoms with E-state index in [1.807, 2.05) is 0 Å². The van der Waals surface area contributed by atoms with E-state index in [1.54, 1.807) is 4.72 Å². The van der Waals surface area contributed by atoms with Crippen LogP contribution in [0.2, 0.25) is 0 Å². The molecule has 0 saturated heterocycles. The van der Waals surface area contributed by atoms with Gasteiger partial charge in [0.1, 0.15) is 4.90 Å². The highest BCUT2D eigenvalue weighted by Crippen LogP contribution is 2.38. The normalized spacial score (nSPS) is 13.1. The number of alkyl halides is 6. The molecule has 1 heterocycles. The van der Waals surface area contributed by atoms with Crippen molar-refractivity contribution < 1.29 is 34.8 Å². The van der Waals surface area contributed by atoms with Gasteiger partial charge in [0.15, 0.2) is 0 Å². The van der Waals surface area contributed by atoms with Gasteiger partial charge in [0.2, 0.25) is 0 Å². The molecule has 12 heteroatoms. The lowest BCUT2D eigenvalue weighted by atomic mass is 10.1. The van der Waals surface area contributed by atoms with E-state index in [0.717, 1.165) is 11.3 Å². The Kier molecular flexibility index (Phi) is 5.36. The molecule has 2 rings (SSSR count). The highest BCUT2D eigenvalue weighted by Gasteiger charge is 2.37. The molecule has 1 aromatic carbocycles. The number of sulfonamides is 1. The molecule has 0 aliphatic carbocycles. The molecule has 25 heavy (non-hydrogen) atoms. The zero-order chi connectivity index (χ0) is 19.0. The van der Waals surface area contributed by atoms with Crippen LogP contribution in [0.3, 0.4) is 0 Å². The van der Waals surface area contributed by atoms with Crippen LogP contribution in [0.15, 0.2) is 34.5 Å². The van der Waals surface area contributed by atoms with Crippen molar-refractivity contribution in [2.24, 2.45) is 0 Å². The number of hydrogen-bond acceptors (Lipinski definition) is 4. The molecular weight excluding hydrogens is 412 g/mol. The lowest BCUT2D eigenvalue weighted by Crippen LogP contribution is -2.16. The third kappa shape index (κ3) is 4.61. The highest BCUT2D eigenvalue weighted by molar-refractivity contribution is 7.93. The Morgan fingerprint density at radius 1 is 1.00 bits per heavy atom. The van der Waals surface area contributed by atoms with E-state index in [-0.39, 0.29) is 16.7 Å². The van der Waals surface area contributed by atoms with Crippen LogP contribution in [0, 0.1) is 0 Å². The summed E-state index contributed by atoms with van der Waals surface area (Å²) in [5, 5.41) is 1.42. The van der Waals surface area contributed by atoms with E-state index >= 15 is 0 Å². The maximum atomic E-state index is 12.8. The van der Waals surface area contributed by atoms with Gasteiger partial charge >= 0.3 is 12.4 Å². The van der Waals surface area contributed by atoms with Gasteiger partial charge in [-0.15, -0.1) is 11.3 Å². The molecule has 0 amide bonds. The molecule has 0 aliphatic rings. The van der Waals surface area contributed by atoms with Gasteiger partial charge in [-0.25, -0.2) is 8.42 Å². The number of hydrogen-bond donors (Lipinski definition) is 2. The predicted octanol–water partition coefficient (Wildman–Crippen LogP) is 5.02. The van der Waals surface area contributed by atoms with Gasteiger partial charge in [0, 0.05) is 10.6 Å². The van der Waals surface area contributed by atoms with Crippen LogP contribution in [-0.4, -0.2) is 8.42 Å². The Morgan fingerprint density at radius 2 is 1.52 bits per heavy atom. The first kappa shape index (κ1) is 19.9. The summed E-state index contributed by atoms with van der Waals surface area (Å²) in [4.78, 5) is 0.0531. The molecule has 3 nitrogen and oxygen atoms in total. The summed E-state index contributed by atoms with van der Waals surface area (Å²) >= 11 is 4.98. The van der Waals surface area contributed by atoms with Crippen LogP contribution in [0.1, 0.15) is 16.0 Å². The Balaban J connectivity index is 2.52. The molecule has 0 aliphatic heterocycles. The van der Waals surface area contributed by atoms with Crippen molar-refractivity contribution in [2.45, 2.75) is 23.0 Å². The second-order valence-corrected chi connectivity index (χ2v) is 7.73. The van der Waals surface area contributed by atoms with Crippen LogP contribution >= 0.6 is 24.0 Å². The second kappa shape index (κ2) is 6.72. The van der Waals surface area contributed by atoms with E-state index in [2.05, 4.69) is 12.6 Å². The fraction of sp³-hybridized carbons (Fsp3) is 0.231. The highest BCUT2D eigenvalue weighted by atomic mass is 32.2. The van der Waals surface area contributed by atoms with Crippen molar-refractivity contribution >= 4 is 39.7 Å². The first-order valence-electron chi connectivity index (χ1n) is 6.34. The molecule has 0 atom stereocenters. The number of thiol groups is 1. The third-order valence-corrected chi connectivity index (χ3v) is 6.02. The van der Waals surface area contributed by atoms with Gasteiger partial charge in [-0.3, -0.25) is 4.72 Å². The van der Waals surface area contributed by atoms with E-state index in [0.29, 0.717) is 17.0 Å². The Labute approximate surface area is 148 Å². The lowest BCUT2D eigenvalue weighted by Gasteiger charge is -2.15. The third-order valence-electron chi connectivity index (χ3n) is 2.98. The molecule has 2 aromatic rings. The zero-order valence-corrected chi connectivity index (χ0v) is 14.5. The van der Waals surface area contributed by atoms with Gasteiger partial charge in [-0.05, 0) is 29.6 Å². The van der Waals surface area contributed by atoms with E-state index in [1.165, 1.54) is 11.4 Å². The first-order chi connectivity index (χ1) is 11.3. The molecule has 0 saturated carbocycles. The Bertz CT molecular complexity index is 838. The van der Waals surface area contributed by atoms with E-state index in [9.17, 15) is 34.8 Å². The number of halogens is 6. The van der Waals surface area contributed by atoms with Gasteiger partial charge in [0.05, 0.1) is 16.8 Å². The summed E-state index contributed by atoms with van der Waals surface area (Å²) in [5.74, 6) is 0.0459. The minimum Gasteiger partial charge on any atom is -0.280 e. The number of anilines is 1. The van der Waals surface area contributed by atoms with Gasteiger partial charge in [-0.1, -0.05) is 0 Å². The summed E-state index contributed by atoms with van der Waals surface area (Å²) in [5.41, 5.74) is -4.06. The number of rotatable bonds is 4. The van der Waals surface area contributed by atoms with Crippen LogP contribution < -0.4 is 4.72 Å². The summed E-state index contributed by atoms with van der Waals surface area (Å²) in [7, 11) is -4.36. The number of thiophene rings is 1. The van der Waals surface area contributed by atoms with Crippen molar-refractivity contribution in [3.05, 3.63) is 45.6 Å². The van der Waals surface area contributed by atoms with Crippen LogP contribution in [0.4, 0.5) is 32.0 Å². The van der Waals surface area contributed by atoms with Crippen molar-refractivity contribution in [3.8, 4) is 0 Å². The minimum absolute atomic E-state index is 0.0459. The standard InChI is InChI=1S/C13H9F6NO2S3/c14-12(15,16)7-3-8(13(17,18)19)5-9(4-7)20-25(21,22)11-1-2-24-10(11)6-23/h1-5,20,23H,6H2. The molecule has 138 valence electrons. The molecular formula is C13H9F6NO2S3. The number of nitrogens with one attached hydrogen (secondary N) is 1. The molecule has 0 spiro atoms. The van der Waals surface area contributed by atoms with Gasteiger partial charge in [-0.2, -0.15) is 39.0 Å². The Hall–Kier alpha value is -1.40. The van der Waals surface area contributed by atoms with E-state index in [4.69, 9.17) is 0 Å². The number of benzene rings is 1. The summed E-state index contributed by atoms with van der Waals surface area (Å²) in [6.45, 7) is 0. The summed E-state index contributed by atoms with van der Waals surface area (Å²) in [6, 6.07) is 1.72. The van der Waals surface area contributed by atoms with Crippen molar-refractivity contribution in [3.63, 3.8) is 0 Å². The van der Waals surface area contributed by atoms with Crippen molar-refractivity contribution in [1.82, 2.24) is 0 Å². The quantitative estimate of drug-likeness (QED) is 0.538. The van der Waals surface area contributed by atoms with E-state index < -0.39 is 39.2 Å². The summed E-state index contributed by atoms with van der Waals surface area (Å²) in [6.07, 6.45) is -10.1. The molecule has 0 fully saturated rings.